The van der Waals surface area contributed by atoms with E-state index in [4.69, 9.17) is 16.6 Å². The molecule has 5 nitrogen and oxygen atoms in total. The lowest BCUT2D eigenvalue weighted by atomic mass is 10.1. The SMILES string of the molecule is Cc1ccccc1Cn1ccc(NC(=S)NCc2ccco2)n1. The summed E-state index contributed by atoms with van der Waals surface area (Å²) in [6.45, 7) is 3.38. The fraction of sp³-hybridized carbons (Fsp3) is 0.176. The molecule has 2 N–H and O–H groups in total. The van der Waals surface area contributed by atoms with Crippen molar-refractivity contribution >= 4 is 23.1 Å². The van der Waals surface area contributed by atoms with Crippen molar-refractivity contribution in [3.63, 3.8) is 0 Å². The van der Waals surface area contributed by atoms with Crippen molar-refractivity contribution in [3.8, 4) is 0 Å². The Kier molecular flexibility index (Phi) is 4.73. The summed E-state index contributed by atoms with van der Waals surface area (Å²) in [6.07, 6.45) is 3.57. The van der Waals surface area contributed by atoms with Gasteiger partial charge in [0.05, 0.1) is 19.4 Å². The number of thiocarbonyl (C=S) groups is 1. The number of nitrogens with one attached hydrogen (secondary N) is 2. The van der Waals surface area contributed by atoms with Crippen LogP contribution in [0.1, 0.15) is 16.9 Å². The first kappa shape index (κ1) is 15.3. The molecule has 0 aliphatic rings. The number of hydrogen-bond donors (Lipinski definition) is 2. The van der Waals surface area contributed by atoms with Gasteiger partial charge >= 0.3 is 0 Å². The highest BCUT2D eigenvalue weighted by Crippen LogP contribution is 2.10. The molecule has 0 unspecified atom stereocenters. The minimum atomic E-state index is 0.516. The summed E-state index contributed by atoms with van der Waals surface area (Å²) in [7, 11) is 0. The van der Waals surface area contributed by atoms with E-state index in [2.05, 4.69) is 34.8 Å². The van der Waals surface area contributed by atoms with Crippen molar-refractivity contribution in [3.05, 3.63) is 71.8 Å². The molecule has 0 spiro atoms. The highest BCUT2D eigenvalue weighted by atomic mass is 32.1. The van der Waals surface area contributed by atoms with Crippen LogP contribution in [0.15, 0.2) is 59.3 Å². The molecule has 0 aliphatic carbocycles. The molecule has 3 aromatic rings. The molecule has 0 saturated carbocycles. The molecular formula is C17H18N4OS. The summed E-state index contributed by atoms with van der Waals surface area (Å²) in [5.74, 6) is 1.55. The number of hydrogen-bond acceptors (Lipinski definition) is 3. The van der Waals surface area contributed by atoms with Crippen LogP contribution in [-0.4, -0.2) is 14.9 Å². The van der Waals surface area contributed by atoms with Gasteiger partial charge in [0.2, 0.25) is 0 Å². The van der Waals surface area contributed by atoms with Gasteiger partial charge in [-0.25, -0.2) is 0 Å². The largest absolute Gasteiger partial charge is 0.467 e. The molecule has 0 fully saturated rings. The first-order valence-electron chi connectivity index (χ1n) is 7.36. The number of nitrogens with zero attached hydrogens (tertiary/aromatic N) is 2. The van der Waals surface area contributed by atoms with Gasteiger partial charge in [0.15, 0.2) is 10.9 Å². The zero-order valence-electron chi connectivity index (χ0n) is 12.8. The van der Waals surface area contributed by atoms with E-state index in [0.717, 1.165) is 18.1 Å². The zero-order chi connectivity index (χ0) is 16.1. The molecular weight excluding hydrogens is 308 g/mol. The predicted molar refractivity (Wildman–Crippen MR) is 94.3 cm³/mol. The van der Waals surface area contributed by atoms with Gasteiger partial charge in [-0.15, -0.1) is 0 Å². The monoisotopic (exact) mass is 326 g/mol. The molecule has 2 heterocycles. The van der Waals surface area contributed by atoms with Gasteiger partial charge in [0.1, 0.15) is 5.76 Å². The van der Waals surface area contributed by atoms with Crippen LogP contribution >= 0.6 is 12.2 Å². The molecule has 118 valence electrons. The van der Waals surface area contributed by atoms with Crippen LogP contribution in [0.4, 0.5) is 5.82 Å². The molecule has 6 heteroatoms. The normalized spacial score (nSPS) is 10.5. The smallest absolute Gasteiger partial charge is 0.172 e. The number of anilines is 1. The van der Waals surface area contributed by atoms with Crippen LogP contribution in [0.3, 0.4) is 0 Å². The standard InChI is InChI=1S/C17H18N4OS/c1-13-5-2-3-6-14(13)12-21-9-8-16(20-21)19-17(23)18-11-15-7-4-10-22-15/h2-10H,11-12H2,1H3,(H2,18,19,20,23). The third-order valence-electron chi connectivity index (χ3n) is 3.48. The molecule has 0 aliphatic heterocycles. The molecule has 1 aromatic carbocycles. The number of aromatic nitrogens is 2. The minimum Gasteiger partial charge on any atom is -0.467 e. The van der Waals surface area contributed by atoms with E-state index in [-0.39, 0.29) is 0 Å². The van der Waals surface area contributed by atoms with Gasteiger partial charge in [0.25, 0.3) is 0 Å². The summed E-state index contributed by atoms with van der Waals surface area (Å²) in [6, 6.07) is 13.9. The van der Waals surface area contributed by atoms with E-state index >= 15 is 0 Å². The van der Waals surface area contributed by atoms with Crippen molar-refractivity contribution in [2.75, 3.05) is 5.32 Å². The molecule has 23 heavy (non-hydrogen) atoms. The second-order valence-electron chi connectivity index (χ2n) is 5.21. The Hall–Kier alpha value is -2.60. The Balaban J connectivity index is 1.54. The Morgan fingerprint density at radius 3 is 2.87 bits per heavy atom. The molecule has 0 bridgehead atoms. The van der Waals surface area contributed by atoms with E-state index in [0.29, 0.717) is 11.7 Å². The number of aryl methyl sites for hydroxylation is 1. The highest BCUT2D eigenvalue weighted by molar-refractivity contribution is 7.80. The first-order chi connectivity index (χ1) is 11.2. The second-order valence-corrected chi connectivity index (χ2v) is 5.62. The van der Waals surface area contributed by atoms with Crippen molar-refractivity contribution < 1.29 is 4.42 Å². The molecule has 0 saturated heterocycles. The van der Waals surface area contributed by atoms with Crippen molar-refractivity contribution in [2.24, 2.45) is 0 Å². The zero-order valence-corrected chi connectivity index (χ0v) is 13.6. The van der Waals surface area contributed by atoms with Crippen LogP contribution in [0, 0.1) is 6.92 Å². The first-order valence-corrected chi connectivity index (χ1v) is 7.77. The third-order valence-corrected chi connectivity index (χ3v) is 3.73. The lowest BCUT2D eigenvalue weighted by Gasteiger charge is -2.07. The molecule has 0 atom stereocenters. The number of benzene rings is 1. The Morgan fingerprint density at radius 2 is 2.09 bits per heavy atom. The Labute approximate surface area is 140 Å². The van der Waals surface area contributed by atoms with Gasteiger partial charge in [-0.3, -0.25) is 4.68 Å². The highest BCUT2D eigenvalue weighted by Gasteiger charge is 2.04. The summed E-state index contributed by atoms with van der Waals surface area (Å²) in [5.41, 5.74) is 2.51. The summed E-state index contributed by atoms with van der Waals surface area (Å²) in [4.78, 5) is 0. The molecule has 3 rings (SSSR count). The number of furan rings is 1. The summed E-state index contributed by atoms with van der Waals surface area (Å²) < 4.78 is 7.13. The van der Waals surface area contributed by atoms with E-state index in [1.807, 2.05) is 41.2 Å². The lowest BCUT2D eigenvalue weighted by molar-refractivity contribution is 0.503. The Bertz CT molecular complexity index is 780. The van der Waals surface area contributed by atoms with Crippen molar-refractivity contribution in [1.29, 1.82) is 0 Å². The average Bonchev–Trinajstić information content (AvgIpc) is 3.19. The number of rotatable bonds is 5. The lowest BCUT2D eigenvalue weighted by Crippen LogP contribution is -2.28. The van der Waals surface area contributed by atoms with Crippen LogP contribution in [-0.2, 0) is 13.1 Å². The van der Waals surface area contributed by atoms with Gasteiger partial charge in [-0.05, 0) is 42.4 Å². The maximum Gasteiger partial charge on any atom is 0.172 e. The maximum atomic E-state index is 5.26. The third kappa shape index (κ3) is 4.20. The van der Waals surface area contributed by atoms with Crippen LogP contribution < -0.4 is 10.6 Å². The van der Waals surface area contributed by atoms with E-state index < -0.39 is 0 Å². The quantitative estimate of drug-likeness (QED) is 0.705. The fourth-order valence-electron chi connectivity index (χ4n) is 2.22. The Morgan fingerprint density at radius 1 is 1.22 bits per heavy atom. The van der Waals surface area contributed by atoms with Crippen LogP contribution in [0.5, 0.6) is 0 Å². The van der Waals surface area contributed by atoms with Crippen LogP contribution in [0.2, 0.25) is 0 Å². The summed E-state index contributed by atoms with van der Waals surface area (Å²) in [5, 5.41) is 11.2. The maximum absolute atomic E-state index is 5.26. The van der Waals surface area contributed by atoms with E-state index in [1.54, 1.807) is 6.26 Å². The summed E-state index contributed by atoms with van der Waals surface area (Å²) >= 11 is 5.26. The average molecular weight is 326 g/mol. The van der Waals surface area contributed by atoms with Crippen molar-refractivity contribution in [2.45, 2.75) is 20.0 Å². The topological polar surface area (TPSA) is 55.0 Å². The molecule has 2 aromatic heterocycles. The molecule has 0 amide bonds. The van der Waals surface area contributed by atoms with Gasteiger partial charge in [0, 0.05) is 12.3 Å². The molecule has 0 radical (unpaired) electrons. The van der Waals surface area contributed by atoms with Gasteiger partial charge in [-0.2, -0.15) is 5.10 Å². The second kappa shape index (κ2) is 7.11. The van der Waals surface area contributed by atoms with E-state index in [1.165, 1.54) is 11.1 Å². The van der Waals surface area contributed by atoms with Gasteiger partial charge in [-0.1, -0.05) is 24.3 Å². The van der Waals surface area contributed by atoms with Crippen LogP contribution in [0.25, 0.3) is 0 Å². The van der Waals surface area contributed by atoms with Gasteiger partial charge < -0.3 is 15.1 Å². The van der Waals surface area contributed by atoms with E-state index in [9.17, 15) is 0 Å². The minimum absolute atomic E-state index is 0.516. The predicted octanol–water partition coefficient (Wildman–Crippen LogP) is 3.32. The van der Waals surface area contributed by atoms with Crippen molar-refractivity contribution in [1.82, 2.24) is 15.1 Å². The fourth-order valence-corrected chi connectivity index (χ4v) is 2.40.